The second-order valence-corrected chi connectivity index (χ2v) is 5.45. The van der Waals surface area contributed by atoms with Gasteiger partial charge in [0, 0.05) is 18.1 Å². The topological polar surface area (TPSA) is 64.5 Å². The molecule has 2 heterocycles. The lowest BCUT2D eigenvalue weighted by atomic mass is 10.1. The Morgan fingerprint density at radius 1 is 1.41 bits per heavy atom. The predicted molar refractivity (Wildman–Crippen MR) is 81.5 cm³/mol. The van der Waals surface area contributed by atoms with Crippen LogP contribution in [0.15, 0.2) is 24.4 Å². The molecule has 0 N–H and O–H groups in total. The number of benzene rings is 1. The number of nitrogens with zero attached hydrogens (tertiary/aromatic N) is 3. The molecule has 1 atom stereocenters. The minimum atomic E-state index is -0.131. The number of methoxy groups -OCH3 is 2. The van der Waals surface area contributed by atoms with Gasteiger partial charge in [-0.25, -0.2) is 9.97 Å². The average Bonchev–Trinajstić information content (AvgIpc) is 3.02. The van der Waals surface area contributed by atoms with E-state index in [1.807, 2.05) is 24.4 Å². The molecular weight excluding hydrogens is 282 g/mol. The molecule has 0 spiro atoms. The fourth-order valence-electron chi connectivity index (χ4n) is 2.79. The van der Waals surface area contributed by atoms with Crippen LogP contribution in [0.4, 0.5) is 0 Å². The zero-order valence-electron chi connectivity index (χ0n) is 12.8. The summed E-state index contributed by atoms with van der Waals surface area (Å²) in [6, 6.07) is 5.74. The maximum Gasteiger partial charge on any atom is 0.310 e. The van der Waals surface area contributed by atoms with Crippen LogP contribution >= 0.6 is 0 Å². The number of fused-ring (bicyclic) bond motifs is 1. The molecule has 1 aromatic carbocycles. The summed E-state index contributed by atoms with van der Waals surface area (Å²) in [6.45, 7) is 2.22. The maximum atomic E-state index is 11.6. The van der Waals surface area contributed by atoms with Gasteiger partial charge in [-0.2, -0.15) is 0 Å². The molecule has 1 fully saturated rings. The van der Waals surface area contributed by atoms with Crippen molar-refractivity contribution in [2.75, 3.05) is 27.3 Å². The standard InChI is InChI=1S/C16H19N3O3/c1-21-13-3-4-14-12(7-13)8-17-15(18-14)10-19-6-5-11(9-19)16(20)22-2/h3-4,7-8,11H,5-6,9-10H2,1-2H3. The number of hydrogen-bond donors (Lipinski definition) is 0. The van der Waals surface area contributed by atoms with E-state index in [4.69, 9.17) is 9.47 Å². The lowest BCUT2D eigenvalue weighted by Gasteiger charge is -2.14. The first-order valence-corrected chi connectivity index (χ1v) is 7.29. The summed E-state index contributed by atoms with van der Waals surface area (Å²) in [5.74, 6) is 1.40. The number of rotatable bonds is 4. The minimum absolute atomic E-state index is 0.0327. The SMILES string of the molecule is COC(=O)C1CCN(Cc2ncc3cc(OC)ccc3n2)C1. The van der Waals surface area contributed by atoms with Crippen molar-refractivity contribution in [2.45, 2.75) is 13.0 Å². The molecule has 1 aliphatic heterocycles. The van der Waals surface area contributed by atoms with Crippen molar-refractivity contribution < 1.29 is 14.3 Å². The van der Waals surface area contributed by atoms with Gasteiger partial charge in [-0.1, -0.05) is 0 Å². The Bertz CT molecular complexity index is 689. The van der Waals surface area contributed by atoms with Crippen LogP contribution in [-0.4, -0.2) is 48.1 Å². The Labute approximate surface area is 129 Å². The molecule has 3 rings (SSSR count). The number of esters is 1. The van der Waals surface area contributed by atoms with E-state index in [1.54, 1.807) is 7.11 Å². The molecule has 116 valence electrons. The van der Waals surface area contributed by atoms with Gasteiger partial charge in [-0.3, -0.25) is 9.69 Å². The summed E-state index contributed by atoms with van der Waals surface area (Å²) in [5, 5.41) is 0.956. The van der Waals surface area contributed by atoms with Gasteiger partial charge in [0.05, 0.1) is 32.2 Å². The second kappa shape index (κ2) is 6.27. The largest absolute Gasteiger partial charge is 0.497 e. The van der Waals surface area contributed by atoms with E-state index in [2.05, 4.69) is 14.9 Å². The van der Waals surface area contributed by atoms with Crippen molar-refractivity contribution in [2.24, 2.45) is 5.92 Å². The maximum absolute atomic E-state index is 11.6. The van der Waals surface area contributed by atoms with Crippen molar-refractivity contribution in [3.63, 3.8) is 0 Å². The molecule has 1 aromatic heterocycles. The number of likely N-dealkylation sites (tertiary alicyclic amines) is 1. The van der Waals surface area contributed by atoms with E-state index in [0.29, 0.717) is 13.1 Å². The van der Waals surface area contributed by atoms with E-state index in [9.17, 15) is 4.79 Å². The molecule has 1 unspecified atom stereocenters. The summed E-state index contributed by atoms with van der Waals surface area (Å²) in [6.07, 6.45) is 2.64. The van der Waals surface area contributed by atoms with Crippen LogP contribution in [0.2, 0.25) is 0 Å². The Kier molecular flexibility index (Phi) is 4.20. The molecule has 22 heavy (non-hydrogen) atoms. The highest BCUT2D eigenvalue weighted by Gasteiger charge is 2.29. The number of aromatic nitrogens is 2. The normalized spacial score (nSPS) is 18.5. The highest BCUT2D eigenvalue weighted by atomic mass is 16.5. The molecule has 6 heteroatoms. The van der Waals surface area contributed by atoms with Crippen molar-refractivity contribution in [3.05, 3.63) is 30.2 Å². The van der Waals surface area contributed by atoms with Crippen molar-refractivity contribution in [1.82, 2.24) is 14.9 Å². The summed E-state index contributed by atoms with van der Waals surface area (Å²) < 4.78 is 10.0. The number of carbonyl (C=O) groups excluding carboxylic acids is 1. The lowest BCUT2D eigenvalue weighted by Crippen LogP contribution is -2.24. The fraction of sp³-hybridized carbons (Fsp3) is 0.438. The first kappa shape index (κ1) is 14.7. The molecule has 0 saturated carbocycles. The van der Waals surface area contributed by atoms with Crippen LogP contribution in [0.3, 0.4) is 0 Å². The number of carbonyl (C=O) groups is 1. The van der Waals surface area contributed by atoms with Gasteiger partial charge < -0.3 is 9.47 Å². The molecule has 0 radical (unpaired) electrons. The molecule has 1 saturated heterocycles. The van der Waals surface area contributed by atoms with E-state index >= 15 is 0 Å². The van der Waals surface area contributed by atoms with Gasteiger partial charge in [-0.15, -0.1) is 0 Å². The molecule has 0 amide bonds. The highest BCUT2D eigenvalue weighted by Crippen LogP contribution is 2.21. The Balaban J connectivity index is 1.71. The first-order chi connectivity index (χ1) is 10.7. The Morgan fingerprint density at radius 2 is 2.27 bits per heavy atom. The number of ether oxygens (including phenoxy) is 2. The molecule has 2 aromatic rings. The van der Waals surface area contributed by atoms with Crippen LogP contribution in [-0.2, 0) is 16.1 Å². The second-order valence-electron chi connectivity index (χ2n) is 5.45. The Morgan fingerprint density at radius 3 is 3.05 bits per heavy atom. The summed E-state index contributed by atoms with van der Waals surface area (Å²) in [4.78, 5) is 22.7. The third-order valence-corrected chi connectivity index (χ3v) is 4.01. The monoisotopic (exact) mass is 301 g/mol. The van der Waals surface area contributed by atoms with Crippen LogP contribution in [0, 0.1) is 5.92 Å². The fourth-order valence-corrected chi connectivity index (χ4v) is 2.79. The van der Waals surface area contributed by atoms with Gasteiger partial charge in [-0.05, 0) is 31.2 Å². The van der Waals surface area contributed by atoms with Gasteiger partial charge in [0.2, 0.25) is 0 Å². The molecule has 0 aliphatic carbocycles. The molecule has 1 aliphatic rings. The molecule has 6 nitrogen and oxygen atoms in total. The minimum Gasteiger partial charge on any atom is -0.497 e. The van der Waals surface area contributed by atoms with Crippen LogP contribution in [0.1, 0.15) is 12.2 Å². The zero-order valence-corrected chi connectivity index (χ0v) is 12.8. The smallest absolute Gasteiger partial charge is 0.310 e. The van der Waals surface area contributed by atoms with Crippen LogP contribution in [0.25, 0.3) is 10.9 Å². The van der Waals surface area contributed by atoms with E-state index < -0.39 is 0 Å². The van der Waals surface area contributed by atoms with E-state index in [1.165, 1.54) is 7.11 Å². The zero-order chi connectivity index (χ0) is 15.5. The molecular formula is C16H19N3O3. The van der Waals surface area contributed by atoms with Crippen molar-refractivity contribution >= 4 is 16.9 Å². The van der Waals surface area contributed by atoms with E-state index in [-0.39, 0.29) is 11.9 Å². The van der Waals surface area contributed by atoms with Crippen LogP contribution < -0.4 is 4.74 Å². The third kappa shape index (κ3) is 3.01. The summed E-state index contributed by atoms with van der Waals surface area (Å²) in [7, 11) is 3.08. The Hall–Kier alpha value is -2.21. The third-order valence-electron chi connectivity index (χ3n) is 4.01. The highest BCUT2D eigenvalue weighted by molar-refractivity contribution is 5.79. The van der Waals surface area contributed by atoms with Gasteiger partial charge in [0.15, 0.2) is 0 Å². The quantitative estimate of drug-likeness (QED) is 0.800. The lowest BCUT2D eigenvalue weighted by molar-refractivity contribution is -0.144. The first-order valence-electron chi connectivity index (χ1n) is 7.29. The van der Waals surface area contributed by atoms with Crippen molar-refractivity contribution in [3.8, 4) is 5.75 Å². The summed E-state index contributed by atoms with van der Waals surface area (Å²) >= 11 is 0. The molecule has 0 bridgehead atoms. The predicted octanol–water partition coefficient (Wildman–Crippen LogP) is 1.63. The van der Waals surface area contributed by atoms with E-state index in [0.717, 1.165) is 35.4 Å². The van der Waals surface area contributed by atoms with Crippen LogP contribution in [0.5, 0.6) is 5.75 Å². The van der Waals surface area contributed by atoms with Gasteiger partial charge in [0.1, 0.15) is 11.6 Å². The number of hydrogen-bond acceptors (Lipinski definition) is 6. The van der Waals surface area contributed by atoms with Gasteiger partial charge in [0.25, 0.3) is 0 Å². The summed E-state index contributed by atoms with van der Waals surface area (Å²) in [5.41, 5.74) is 0.898. The average molecular weight is 301 g/mol. The van der Waals surface area contributed by atoms with Gasteiger partial charge >= 0.3 is 5.97 Å². The van der Waals surface area contributed by atoms with Crippen molar-refractivity contribution in [1.29, 1.82) is 0 Å².